The molecule has 0 amide bonds. The van der Waals surface area contributed by atoms with Crippen LogP contribution >= 0.6 is 0 Å². The van der Waals surface area contributed by atoms with E-state index in [1.54, 1.807) is 10.7 Å². The highest BCUT2D eigenvalue weighted by molar-refractivity contribution is 5.25. The molecule has 2 heterocycles. The van der Waals surface area contributed by atoms with Crippen LogP contribution in [0.15, 0.2) is 18.6 Å². The quantitative estimate of drug-likeness (QED) is 0.524. The molecule has 0 radical (unpaired) electrons. The van der Waals surface area contributed by atoms with Crippen LogP contribution in [0.25, 0.3) is 5.78 Å². The molecule has 0 aromatic carbocycles. The fourth-order valence-electron chi connectivity index (χ4n) is 0.855. The number of hydrogen-bond acceptors (Lipinski definition) is 3. The van der Waals surface area contributed by atoms with Crippen LogP contribution in [0.5, 0.6) is 0 Å². The van der Waals surface area contributed by atoms with Gasteiger partial charge in [0.05, 0.1) is 0 Å². The van der Waals surface area contributed by atoms with Crippen molar-refractivity contribution in [2.24, 2.45) is 0 Å². The lowest BCUT2D eigenvalue weighted by Gasteiger charge is -1.92. The summed E-state index contributed by atoms with van der Waals surface area (Å²) in [5.41, 5.74) is 1.04. The van der Waals surface area contributed by atoms with Crippen molar-refractivity contribution in [1.82, 2.24) is 19.6 Å². The van der Waals surface area contributed by atoms with Gasteiger partial charge in [0, 0.05) is 11.9 Å². The van der Waals surface area contributed by atoms with E-state index in [0.717, 1.165) is 5.69 Å². The van der Waals surface area contributed by atoms with Gasteiger partial charge in [0.25, 0.3) is 5.78 Å². The Bertz CT molecular complexity index is 351. The van der Waals surface area contributed by atoms with Gasteiger partial charge in [-0.15, -0.1) is 0 Å². The van der Waals surface area contributed by atoms with Gasteiger partial charge in [-0.2, -0.15) is 10.1 Å². The van der Waals surface area contributed by atoms with Crippen molar-refractivity contribution in [2.45, 2.75) is 6.92 Å². The molecule has 10 heavy (non-hydrogen) atoms. The second-order valence-corrected chi connectivity index (χ2v) is 2.06. The Kier molecular flexibility index (Phi) is 0.943. The van der Waals surface area contributed by atoms with Gasteiger partial charge in [-0.05, 0) is 13.0 Å². The third-order valence-corrected chi connectivity index (χ3v) is 1.37. The van der Waals surface area contributed by atoms with Gasteiger partial charge in [-0.1, -0.05) is 0 Å². The maximum atomic E-state index is 3.99. The number of nitrogens with zero attached hydrogens (tertiary/aromatic N) is 4. The summed E-state index contributed by atoms with van der Waals surface area (Å²) in [6.07, 6.45) is 3.22. The Balaban J connectivity index is 2.95. The first kappa shape index (κ1) is 5.34. The average Bonchev–Trinajstić information content (AvgIpc) is 2.36. The predicted octanol–water partition coefficient (Wildman–Crippen LogP) is 0.433. The van der Waals surface area contributed by atoms with Crippen molar-refractivity contribution in [3.8, 4) is 0 Å². The topological polar surface area (TPSA) is 43.1 Å². The minimum absolute atomic E-state index is 0.653. The van der Waals surface area contributed by atoms with Crippen LogP contribution in [-0.2, 0) is 0 Å². The smallest absolute Gasteiger partial charge is 0.220 e. The number of rotatable bonds is 0. The predicted molar refractivity (Wildman–Crippen MR) is 35.5 cm³/mol. The normalized spacial score (nSPS) is 10.5. The van der Waals surface area contributed by atoms with Crippen LogP contribution in [-0.4, -0.2) is 19.6 Å². The summed E-state index contributed by atoms with van der Waals surface area (Å²) < 4.78 is 1.69. The Morgan fingerprint density at radius 2 is 2.30 bits per heavy atom. The first-order valence-corrected chi connectivity index (χ1v) is 2.99. The number of aryl methyl sites for hydroxylation is 1. The van der Waals surface area contributed by atoms with Crippen LogP contribution in [0.4, 0.5) is 0 Å². The fourth-order valence-corrected chi connectivity index (χ4v) is 0.855. The van der Waals surface area contributed by atoms with Crippen molar-refractivity contribution in [3.63, 3.8) is 0 Å². The number of fused-ring (bicyclic) bond motifs is 1. The monoisotopic (exact) mass is 134 g/mol. The lowest BCUT2D eigenvalue weighted by atomic mass is 10.5. The first-order valence-electron chi connectivity index (χ1n) is 2.99. The highest BCUT2D eigenvalue weighted by Crippen LogP contribution is 1.96. The Morgan fingerprint density at radius 1 is 1.40 bits per heavy atom. The van der Waals surface area contributed by atoms with E-state index in [-0.39, 0.29) is 0 Å². The molecule has 2 aromatic rings. The molecular formula is C6H6N4. The molecule has 0 aliphatic carbocycles. The van der Waals surface area contributed by atoms with E-state index in [0.29, 0.717) is 5.78 Å². The van der Waals surface area contributed by atoms with Crippen LogP contribution in [0.3, 0.4) is 0 Å². The zero-order chi connectivity index (χ0) is 6.97. The summed E-state index contributed by atoms with van der Waals surface area (Å²) in [4.78, 5) is 7.91. The van der Waals surface area contributed by atoms with Crippen LogP contribution in [0, 0.1) is 6.92 Å². The second-order valence-electron chi connectivity index (χ2n) is 2.06. The molecule has 4 heteroatoms. The molecule has 0 atom stereocenters. The zero-order valence-corrected chi connectivity index (χ0v) is 5.52. The maximum Gasteiger partial charge on any atom is 0.252 e. The zero-order valence-electron chi connectivity index (χ0n) is 5.52. The lowest BCUT2D eigenvalue weighted by molar-refractivity contribution is 0.894. The molecule has 0 unspecified atom stereocenters. The van der Waals surface area contributed by atoms with Crippen molar-refractivity contribution in [3.05, 3.63) is 24.3 Å². The molecule has 2 rings (SSSR count). The molecule has 0 saturated heterocycles. The maximum absolute atomic E-state index is 3.99. The molecule has 4 nitrogen and oxygen atoms in total. The lowest BCUT2D eigenvalue weighted by Crippen LogP contribution is -1.93. The van der Waals surface area contributed by atoms with E-state index < -0.39 is 0 Å². The van der Waals surface area contributed by atoms with E-state index >= 15 is 0 Å². The minimum Gasteiger partial charge on any atom is -0.220 e. The molecule has 50 valence electrons. The van der Waals surface area contributed by atoms with E-state index in [4.69, 9.17) is 0 Å². The Labute approximate surface area is 57.5 Å². The summed E-state index contributed by atoms with van der Waals surface area (Å²) in [6, 6.07) is 1.89. The molecule has 0 aliphatic heterocycles. The molecule has 0 bridgehead atoms. The van der Waals surface area contributed by atoms with Crippen LogP contribution in [0.2, 0.25) is 0 Å². The van der Waals surface area contributed by atoms with Gasteiger partial charge < -0.3 is 0 Å². The van der Waals surface area contributed by atoms with E-state index in [9.17, 15) is 0 Å². The van der Waals surface area contributed by atoms with Crippen molar-refractivity contribution in [2.75, 3.05) is 0 Å². The van der Waals surface area contributed by atoms with Gasteiger partial charge in [-0.25, -0.2) is 9.50 Å². The van der Waals surface area contributed by atoms with Crippen molar-refractivity contribution < 1.29 is 0 Å². The minimum atomic E-state index is 0.653. The highest BCUT2D eigenvalue weighted by atomic mass is 15.3. The molecule has 0 aliphatic rings. The van der Waals surface area contributed by atoms with Gasteiger partial charge in [0.1, 0.15) is 6.33 Å². The molecule has 0 saturated carbocycles. The summed E-state index contributed by atoms with van der Waals surface area (Å²) in [6.45, 7) is 1.96. The van der Waals surface area contributed by atoms with E-state index in [1.807, 2.05) is 13.0 Å². The Hall–Kier alpha value is -1.45. The highest BCUT2D eigenvalue weighted by Gasteiger charge is 1.95. The SMILES string of the molecule is Cc1ccnc2ncnn12. The van der Waals surface area contributed by atoms with Gasteiger partial charge >= 0.3 is 0 Å². The fraction of sp³-hybridized carbons (Fsp3) is 0.167. The molecule has 0 N–H and O–H groups in total. The van der Waals surface area contributed by atoms with Gasteiger partial charge in [0.15, 0.2) is 0 Å². The molecule has 0 fully saturated rings. The van der Waals surface area contributed by atoms with E-state index in [2.05, 4.69) is 15.1 Å². The number of aromatic nitrogens is 4. The third kappa shape index (κ3) is 0.586. The number of hydrogen-bond donors (Lipinski definition) is 0. The van der Waals surface area contributed by atoms with E-state index in [1.165, 1.54) is 6.33 Å². The van der Waals surface area contributed by atoms with Crippen molar-refractivity contribution >= 4 is 5.78 Å². The largest absolute Gasteiger partial charge is 0.252 e. The molecule has 0 spiro atoms. The Morgan fingerprint density at radius 3 is 3.10 bits per heavy atom. The third-order valence-electron chi connectivity index (χ3n) is 1.37. The molecular weight excluding hydrogens is 128 g/mol. The summed E-state index contributed by atoms with van der Waals surface area (Å²) >= 11 is 0. The standard InChI is InChI=1S/C6H6N4/c1-5-2-3-7-6-8-4-9-10(5)6/h2-4H,1H3. The van der Waals surface area contributed by atoms with Crippen LogP contribution < -0.4 is 0 Å². The summed E-state index contributed by atoms with van der Waals surface area (Å²) in [5, 5.41) is 3.96. The molecule has 2 aromatic heterocycles. The summed E-state index contributed by atoms with van der Waals surface area (Å²) in [5.74, 6) is 0.653. The second kappa shape index (κ2) is 1.76. The van der Waals surface area contributed by atoms with Crippen molar-refractivity contribution in [1.29, 1.82) is 0 Å². The summed E-state index contributed by atoms with van der Waals surface area (Å²) in [7, 11) is 0. The van der Waals surface area contributed by atoms with Crippen LogP contribution in [0.1, 0.15) is 5.69 Å². The van der Waals surface area contributed by atoms with Gasteiger partial charge in [0.2, 0.25) is 0 Å². The average molecular weight is 134 g/mol. The van der Waals surface area contributed by atoms with Gasteiger partial charge in [-0.3, -0.25) is 0 Å². The first-order chi connectivity index (χ1) is 4.88.